The summed E-state index contributed by atoms with van der Waals surface area (Å²) < 4.78 is 5.00. The van der Waals surface area contributed by atoms with Crippen LogP contribution in [0.25, 0.3) is 0 Å². The van der Waals surface area contributed by atoms with Gasteiger partial charge in [0.2, 0.25) is 0 Å². The number of hydrogen-bond acceptors (Lipinski definition) is 5. The van der Waals surface area contributed by atoms with Gasteiger partial charge >= 0.3 is 0 Å². The van der Waals surface area contributed by atoms with Gasteiger partial charge in [0, 0.05) is 6.42 Å². The van der Waals surface area contributed by atoms with E-state index < -0.39 is 0 Å². The molecule has 1 aromatic heterocycles. The minimum atomic E-state index is 0.226. The van der Waals surface area contributed by atoms with Crippen molar-refractivity contribution >= 4 is 29.1 Å². The lowest BCUT2D eigenvalue weighted by Crippen LogP contribution is -1.80. The number of rotatable bonds is 2. The summed E-state index contributed by atoms with van der Waals surface area (Å²) in [4.78, 5) is 16.3. The van der Waals surface area contributed by atoms with Gasteiger partial charge in [0.15, 0.2) is 10.1 Å². The van der Waals surface area contributed by atoms with E-state index in [0.717, 1.165) is 21.5 Å². The standard InChI is InChI=1S/C8H8N2OS2/c1-5-9-8(13-10-5)12-7-3-2-6(11)4-7/h4H,2-3H2,1H3. The summed E-state index contributed by atoms with van der Waals surface area (Å²) >= 11 is 2.95. The average molecular weight is 212 g/mol. The zero-order chi connectivity index (χ0) is 9.26. The first-order chi connectivity index (χ1) is 6.24. The van der Waals surface area contributed by atoms with Gasteiger partial charge in [-0.05, 0) is 35.9 Å². The van der Waals surface area contributed by atoms with E-state index in [0.29, 0.717) is 6.42 Å². The summed E-state index contributed by atoms with van der Waals surface area (Å²) in [7, 11) is 0. The highest BCUT2D eigenvalue weighted by Crippen LogP contribution is 2.33. The largest absolute Gasteiger partial charge is 0.295 e. The number of allylic oxidation sites excluding steroid dienone is 2. The Morgan fingerprint density at radius 2 is 2.38 bits per heavy atom. The first-order valence-electron chi connectivity index (χ1n) is 3.95. The fourth-order valence-corrected chi connectivity index (χ4v) is 2.88. The SMILES string of the molecule is Cc1nsc(SC2=CC(=O)CC2)n1. The summed E-state index contributed by atoms with van der Waals surface area (Å²) in [6.45, 7) is 1.87. The molecule has 2 rings (SSSR count). The van der Waals surface area contributed by atoms with E-state index in [4.69, 9.17) is 0 Å². The molecular weight excluding hydrogens is 204 g/mol. The highest BCUT2D eigenvalue weighted by Gasteiger charge is 2.14. The predicted molar refractivity (Wildman–Crippen MR) is 52.8 cm³/mol. The quantitative estimate of drug-likeness (QED) is 0.753. The molecule has 1 aliphatic rings. The number of carbonyl (C=O) groups excluding carboxylic acids is 1. The molecule has 68 valence electrons. The van der Waals surface area contributed by atoms with Crippen molar-refractivity contribution in [2.75, 3.05) is 0 Å². The van der Waals surface area contributed by atoms with Crippen molar-refractivity contribution in [3.05, 3.63) is 16.8 Å². The maximum atomic E-state index is 10.9. The molecule has 3 nitrogen and oxygen atoms in total. The van der Waals surface area contributed by atoms with E-state index in [2.05, 4.69) is 9.36 Å². The first kappa shape index (κ1) is 8.90. The minimum absolute atomic E-state index is 0.226. The second-order valence-corrected chi connectivity index (χ2v) is 4.91. The van der Waals surface area contributed by atoms with Crippen molar-refractivity contribution in [1.82, 2.24) is 9.36 Å². The summed E-state index contributed by atoms with van der Waals surface area (Å²) in [6.07, 6.45) is 3.23. The van der Waals surface area contributed by atoms with Crippen LogP contribution in [0.15, 0.2) is 15.3 Å². The summed E-state index contributed by atoms with van der Waals surface area (Å²) in [5.74, 6) is 1.03. The number of ketones is 1. The number of thioether (sulfide) groups is 1. The maximum Gasteiger partial charge on any atom is 0.174 e. The zero-order valence-electron chi connectivity index (χ0n) is 7.11. The van der Waals surface area contributed by atoms with E-state index in [-0.39, 0.29) is 5.78 Å². The van der Waals surface area contributed by atoms with Crippen molar-refractivity contribution in [1.29, 1.82) is 0 Å². The highest BCUT2D eigenvalue weighted by atomic mass is 32.2. The lowest BCUT2D eigenvalue weighted by atomic mass is 10.3. The van der Waals surface area contributed by atoms with E-state index in [1.807, 2.05) is 6.92 Å². The maximum absolute atomic E-state index is 10.9. The smallest absolute Gasteiger partial charge is 0.174 e. The van der Waals surface area contributed by atoms with Gasteiger partial charge in [0.25, 0.3) is 0 Å². The van der Waals surface area contributed by atoms with Crippen LogP contribution in [0, 0.1) is 6.92 Å². The molecule has 0 atom stereocenters. The van der Waals surface area contributed by atoms with Crippen LogP contribution in [0.3, 0.4) is 0 Å². The second-order valence-electron chi connectivity index (χ2n) is 2.79. The van der Waals surface area contributed by atoms with Gasteiger partial charge in [-0.3, -0.25) is 4.79 Å². The molecule has 0 radical (unpaired) electrons. The van der Waals surface area contributed by atoms with Crippen LogP contribution < -0.4 is 0 Å². The number of aromatic nitrogens is 2. The molecule has 0 amide bonds. The molecule has 0 unspecified atom stereocenters. The topological polar surface area (TPSA) is 42.9 Å². The zero-order valence-corrected chi connectivity index (χ0v) is 8.74. The molecule has 0 N–H and O–H groups in total. The number of hydrogen-bond donors (Lipinski definition) is 0. The highest BCUT2D eigenvalue weighted by molar-refractivity contribution is 8.04. The van der Waals surface area contributed by atoms with Crippen LogP contribution in [0.1, 0.15) is 18.7 Å². The Kier molecular flexibility index (Phi) is 2.46. The first-order valence-corrected chi connectivity index (χ1v) is 5.54. The fourth-order valence-electron chi connectivity index (χ4n) is 1.08. The third-order valence-corrected chi connectivity index (χ3v) is 3.59. The molecule has 0 bridgehead atoms. The molecule has 13 heavy (non-hydrogen) atoms. The Morgan fingerprint density at radius 3 is 2.92 bits per heavy atom. The van der Waals surface area contributed by atoms with Crippen molar-refractivity contribution in [2.24, 2.45) is 0 Å². The third-order valence-electron chi connectivity index (χ3n) is 1.67. The molecule has 0 aromatic carbocycles. The Balaban J connectivity index is 2.06. The van der Waals surface area contributed by atoms with Gasteiger partial charge in [0.1, 0.15) is 5.82 Å². The summed E-state index contributed by atoms with van der Waals surface area (Å²) in [5, 5.41) is 0. The number of nitrogens with zero attached hydrogens (tertiary/aromatic N) is 2. The second kappa shape index (κ2) is 3.59. The van der Waals surface area contributed by atoms with Gasteiger partial charge < -0.3 is 0 Å². The van der Waals surface area contributed by atoms with Crippen LogP contribution in [-0.2, 0) is 4.79 Å². The van der Waals surface area contributed by atoms with Crippen molar-refractivity contribution in [3.8, 4) is 0 Å². The van der Waals surface area contributed by atoms with Crippen LogP contribution in [0.4, 0.5) is 0 Å². The molecular formula is C8H8N2OS2. The summed E-state index contributed by atoms with van der Waals surface area (Å²) in [6, 6.07) is 0. The predicted octanol–water partition coefficient (Wildman–Crippen LogP) is 2.19. The van der Waals surface area contributed by atoms with Crippen molar-refractivity contribution < 1.29 is 4.79 Å². The van der Waals surface area contributed by atoms with Gasteiger partial charge in [-0.2, -0.15) is 4.37 Å². The molecule has 0 aliphatic heterocycles. The Labute approximate surface area is 84.4 Å². The molecule has 1 aliphatic carbocycles. The molecule has 1 aromatic rings. The molecule has 0 saturated carbocycles. The van der Waals surface area contributed by atoms with Gasteiger partial charge in [-0.25, -0.2) is 4.98 Å². The van der Waals surface area contributed by atoms with Crippen LogP contribution in [0.2, 0.25) is 0 Å². The van der Waals surface area contributed by atoms with E-state index >= 15 is 0 Å². The lowest BCUT2D eigenvalue weighted by molar-refractivity contribution is -0.114. The normalized spacial score (nSPS) is 16.4. The van der Waals surface area contributed by atoms with Gasteiger partial charge in [-0.15, -0.1) is 0 Å². The Bertz CT molecular complexity index is 370. The van der Waals surface area contributed by atoms with Crippen molar-refractivity contribution in [3.63, 3.8) is 0 Å². The Morgan fingerprint density at radius 1 is 1.54 bits per heavy atom. The number of aryl methyl sites for hydroxylation is 1. The van der Waals surface area contributed by atoms with Crippen LogP contribution in [-0.4, -0.2) is 15.1 Å². The van der Waals surface area contributed by atoms with E-state index in [1.165, 1.54) is 11.5 Å². The molecule has 0 saturated heterocycles. The molecule has 5 heteroatoms. The monoisotopic (exact) mass is 212 g/mol. The minimum Gasteiger partial charge on any atom is -0.295 e. The molecule has 0 fully saturated rings. The van der Waals surface area contributed by atoms with Crippen LogP contribution in [0.5, 0.6) is 0 Å². The van der Waals surface area contributed by atoms with Crippen molar-refractivity contribution in [2.45, 2.75) is 24.1 Å². The fraction of sp³-hybridized carbons (Fsp3) is 0.375. The molecule has 0 spiro atoms. The van der Waals surface area contributed by atoms with Crippen LogP contribution >= 0.6 is 23.3 Å². The molecule has 1 heterocycles. The Hall–Kier alpha value is -0.680. The number of carbonyl (C=O) groups is 1. The lowest BCUT2D eigenvalue weighted by Gasteiger charge is -1.93. The van der Waals surface area contributed by atoms with Gasteiger partial charge in [0.05, 0.1) is 0 Å². The third kappa shape index (κ3) is 2.16. The van der Waals surface area contributed by atoms with Gasteiger partial charge in [-0.1, -0.05) is 11.8 Å². The average Bonchev–Trinajstić information content (AvgIpc) is 2.62. The summed E-state index contributed by atoms with van der Waals surface area (Å²) in [5.41, 5.74) is 0. The van der Waals surface area contributed by atoms with E-state index in [9.17, 15) is 4.79 Å². The van der Waals surface area contributed by atoms with E-state index in [1.54, 1.807) is 17.8 Å².